The van der Waals surface area contributed by atoms with Gasteiger partial charge in [-0.15, -0.1) is 11.3 Å². The van der Waals surface area contributed by atoms with Gasteiger partial charge in [-0.1, -0.05) is 0 Å². The Bertz CT molecular complexity index is 767. The second-order valence-corrected chi connectivity index (χ2v) is 7.74. The summed E-state index contributed by atoms with van der Waals surface area (Å²) in [4.78, 5) is 17.6. The third-order valence-corrected chi connectivity index (χ3v) is 4.98. The van der Waals surface area contributed by atoms with E-state index in [1.54, 1.807) is 0 Å². The lowest BCUT2D eigenvalue weighted by Gasteiger charge is -2.38. The summed E-state index contributed by atoms with van der Waals surface area (Å²) >= 11 is 1.42. The smallest absolute Gasteiger partial charge is 0.263 e. The fourth-order valence-electron chi connectivity index (χ4n) is 2.97. The lowest BCUT2D eigenvalue weighted by Crippen LogP contribution is -2.41. The van der Waals surface area contributed by atoms with Crippen molar-refractivity contribution < 1.29 is 9.53 Å². The first-order chi connectivity index (χ1) is 10.7. The van der Waals surface area contributed by atoms with Crippen molar-refractivity contribution in [2.45, 2.75) is 45.8 Å². The van der Waals surface area contributed by atoms with Crippen molar-refractivity contribution in [3.63, 3.8) is 0 Å². The standard InChI is InChI=1S/C17H21N3O2S/c1-9-15(23-10(2)19-9)16(21)20-13-8-17(3,4)22-14-6-5-11(18)7-12(13)14/h5-7,13H,8,18H2,1-4H3,(H,20,21). The fraction of sp³-hybridized carbons (Fsp3) is 0.412. The second-order valence-electron chi connectivity index (χ2n) is 6.54. The number of hydrogen-bond acceptors (Lipinski definition) is 5. The van der Waals surface area contributed by atoms with Crippen LogP contribution < -0.4 is 15.8 Å². The number of thiazole rings is 1. The molecular formula is C17H21N3O2S. The Balaban J connectivity index is 1.92. The number of nitrogen functional groups attached to an aromatic ring is 1. The topological polar surface area (TPSA) is 77.2 Å². The van der Waals surface area contributed by atoms with E-state index in [1.807, 2.05) is 45.9 Å². The van der Waals surface area contributed by atoms with Crippen molar-refractivity contribution in [1.29, 1.82) is 0 Å². The molecule has 0 fully saturated rings. The molecule has 1 aromatic carbocycles. The molecule has 0 radical (unpaired) electrons. The molecule has 2 heterocycles. The predicted molar refractivity (Wildman–Crippen MR) is 92.0 cm³/mol. The van der Waals surface area contributed by atoms with Gasteiger partial charge in [0.25, 0.3) is 5.91 Å². The lowest BCUT2D eigenvalue weighted by molar-refractivity contribution is 0.0621. The van der Waals surface area contributed by atoms with Crippen LogP contribution in [0.15, 0.2) is 18.2 Å². The Morgan fingerprint density at radius 2 is 2.17 bits per heavy atom. The molecule has 6 heteroatoms. The molecule has 2 aromatic rings. The molecular weight excluding hydrogens is 310 g/mol. The van der Waals surface area contributed by atoms with E-state index in [4.69, 9.17) is 10.5 Å². The highest BCUT2D eigenvalue weighted by atomic mass is 32.1. The molecule has 1 aromatic heterocycles. The summed E-state index contributed by atoms with van der Waals surface area (Å²) in [5.74, 6) is 0.683. The number of rotatable bonds is 2. The van der Waals surface area contributed by atoms with Crippen LogP contribution in [0.1, 0.15) is 52.2 Å². The van der Waals surface area contributed by atoms with Crippen LogP contribution in [-0.4, -0.2) is 16.5 Å². The number of anilines is 1. The van der Waals surface area contributed by atoms with Gasteiger partial charge in [-0.05, 0) is 45.9 Å². The summed E-state index contributed by atoms with van der Waals surface area (Å²) in [7, 11) is 0. The fourth-order valence-corrected chi connectivity index (χ4v) is 3.79. The zero-order valence-electron chi connectivity index (χ0n) is 13.8. The normalized spacial score (nSPS) is 18.9. The first-order valence-corrected chi connectivity index (χ1v) is 8.40. The minimum absolute atomic E-state index is 0.0934. The molecule has 1 amide bonds. The molecule has 0 saturated carbocycles. The Morgan fingerprint density at radius 1 is 1.43 bits per heavy atom. The number of aromatic nitrogens is 1. The largest absolute Gasteiger partial charge is 0.487 e. The molecule has 1 aliphatic rings. The molecule has 1 unspecified atom stereocenters. The Hall–Kier alpha value is -2.08. The van der Waals surface area contributed by atoms with Crippen molar-refractivity contribution in [2.75, 3.05) is 5.73 Å². The number of nitrogens with one attached hydrogen (secondary N) is 1. The van der Waals surface area contributed by atoms with E-state index in [0.29, 0.717) is 17.0 Å². The average molecular weight is 331 g/mol. The van der Waals surface area contributed by atoms with Crippen LogP contribution in [0.4, 0.5) is 5.69 Å². The van der Waals surface area contributed by atoms with Gasteiger partial charge in [-0.2, -0.15) is 0 Å². The molecule has 122 valence electrons. The lowest BCUT2D eigenvalue weighted by atomic mass is 9.89. The van der Waals surface area contributed by atoms with E-state index in [0.717, 1.165) is 22.0 Å². The zero-order chi connectivity index (χ0) is 16.8. The van der Waals surface area contributed by atoms with Crippen molar-refractivity contribution in [3.05, 3.63) is 39.3 Å². The van der Waals surface area contributed by atoms with Crippen LogP contribution >= 0.6 is 11.3 Å². The van der Waals surface area contributed by atoms with Crippen LogP contribution in [-0.2, 0) is 0 Å². The maximum atomic E-state index is 12.6. The van der Waals surface area contributed by atoms with E-state index in [9.17, 15) is 4.79 Å². The van der Waals surface area contributed by atoms with Crippen molar-refractivity contribution in [2.24, 2.45) is 0 Å². The number of fused-ring (bicyclic) bond motifs is 1. The van der Waals surface area contributed by atoms with Gasteiger partial charge < -0.3 is 15.8 Å². The number of aryl methyl sites for hydroxylation is 2. The van der Waals surface area contributed by atoms with Gasteiger partial charge >= 0.3 is 0 Å². The molecule has 0 spiro atoms. The van der Waals surface area contributed by atoms with Crippen LogP contribution in [0.2, 0.25) is 0 Å². The van der Waals surface area contributed by atoms with Crippen LogP contribution in [0.5, 0.6) is 5.75 Å². The molecule has 0 bridgehead atoms. The van der Waals surface area contributed by atoms with Gasteiger partial charge in [0, 0.05) is 17.7 Å². The zero-order valence-corrected chi connectivity index (χ0v) is 14.6. The molecule has 0 aliphatic carbocycles. The van der Waals surface area contributed by atoms with Gasteiger partial charge in [0.1, 0.15) is 16.2 Å². The summed E-state index contributed by atoms with van der Waals surface area (Å²) in [5, 5.41) is 4.02. The van der Waals surface area contributed by atoms with E-state index in [1.165, 1.54) is 11.3 Å². The SMILES string of the molecule is Cc1nc(C)c(C(=O)NC2CC(C)(C)Oc3ccc(N)cc32)s1. The highest BCUT2D eigenvalue weighted by Crippen LogP contribution is 2.40. The third-order valence-electron chi connectivity index (χ3n) is 3.91. The number of carbonyl (C=O) groups excluding carboxylic acids is 1. The maximum absolute atomic E-state index is 12.6. The van der Waals surface area contributed by atoms with Crippen molar-refractivity contribution >= 4 is 22.9 Å². The van der Waals surface area contributed by atoms with Crippen LogP contribution in [0.25, 0.3) is 0 Å². The van der Waals surface area contributed by atoms with E-state index >= 15 is 0 Å². The molecule has 0 saturated heterocycles. The van der Waals surface area contributed by atoms with E-state index in [2.05, 4.69) is 10.3 Å². The minimum Gasteiger partial charge on any atom is -0.487 e. The number of hydrogen-bond donors (Lipinski definition) is 2. The number of amides is 1. The third kappa shape index (κ3) is 3.17. The molecule has 5 nitrogen and oxygen atoms in total. The number of ether oxygens (including phenoxy) is 1. The average Bonchev–Trinajstić information content (AvgIpc) is 2.78. The first kappa shape index (κ1) is 15.8. The highest BCUT2D eigenvalue weighted by Gasteiger charge is 2.35. The second kappa shape index (κ2) is 5.53. The van der Waals surface area contributed by atoms with Gasteiger partial charge in [-0.25, -0.2) is 4.98 Å². The van der Waals surface area contributed by atoms with Crippen LogP contribution in [0.3, 0.4) is 0 Å². The van der Waals surface area contributed by atoms with Gasteiger partial charge in [0.2, 0.25) is 0 Å². The molecule has 1 atom stereocenters. The minimum atomic E-state index is -0.347. The van der Waals surface area contributed by atoms with Crippen molar-refractivity contribution in [3.8, 4) is 5.75 Å². The summed E-state index contributed by atoms with van der Waals surface area (Å²) in [5.41, 5.74) is 7.92. The number of benzene rings is 1. The Labute approximate surface area is 139 Å². The molecule has 3 N–H and O–H groups in total. The Kier molecular flexibility index (Phi) is 3.80. The summed E-state index contributed by atoms with van der Waals surface area (Å²) in [6.07, 6.45) is 0.687. The number of carbonyl (C=O) groups is 1. The van der Waals surface area contributed by atoms with Gasteiger partial charge in [0.05, 0.1) is 16.7 Å². The van der Waals surface area contributed by atoms with E-state index in [-0.39, 0.29) is 17.6 Å². The Morgan fingerprint density at radius 3 is 2.83 bits per heavy atom. The summed E-state index contributed by atoms with van der Waals surface area (Å²) in [6, 6.07) is 5.43. The van der Waals surface area contributed by atoms with Gasteiger partial charge in [0.15, 0.2) is 0 Å². The monoisotopic (exact) mass is 331 g/mol. The molecule has 1 aliphatic heterocycles. The summed E-state index contributed by atoms with van der Waals surface area (Å²) in [6.45, 7) is 7.81. The number of nitrogens with zero attached hydrogens (tertiary/aromatic N) is 1. The number of nitrogens with two attached hydrogens (primary N) is 1. The molecule has 23 heavy (non-hydrogen) atoms. The van der Waals surface area contributed by atoms with Crippen LogP contribution in [0, 0.1) is 13.8 Å². The summed E-state index contributed by atoms with van der Waals surface area (Å²) < 4.78 is 6.00. The van der Waals surface area contributed by atoms with Crippen molar-refractivity contribution in [1.82, 2.24) is 10.3 Å². The predicted octanol–water partition coefficient (Wildman–Crippen LogP) is 3.37. The van der Waals surface area contributed by atoms with Gasteiger partial charge in [-0.3, -0.25) is 4.79 Å². The molecule has 3 rings (SSSR count). The van der Waals surface area contributed by atoms with E-state index < -0.39 is 0 Å². The highest BCUT2D eigenvalue weighted by molar-refractivity contribution is 7.13. The quantitative estimate of drug-likeness (QED) is 0.827. The maximum Gasteiger partial charge on any atom is 0.263 e. The first-order valence-electron chi connectivity index (χ1n) is 7.58.